The molecule has 17 heavy (non-hydrogen) atoms. The lowest BCUT2D eigenvalue weighted by molar-refractivity contribution is 0.133. The number of aliphatic hydroxyl groups is 1. The van der Waals surface area contributed by atoms with E-state index in [1.54, 1.807) is 0 Å². The molecule has 0 aromatic carbocycles. The van der Waals surface area contributed by atoms with Gasteiger partial charge in [-0.1, -0.05) is 11.6 Å². The van der Waals surface area contributed by atoms with Crippen LogP contribution in [0.15, 0.2) is 11.1 Å². The van der Waals surface area contributed by atoms with Crippen LogP contribution in [-0.2, 0) is 0 Å². The van der Waals surface area contributed by atoms with Crippen LogP contribution in [0, 0.1) is 11.8 Å². The minimum atomic E-state index is -0.311. The maximum Gasteiger partial charge on any atom is 0.271 e. The van der Waals surface area contributed by atoms with Crippen molar-refractivity contribution >= 4 is 17.4 Å². The number of rotatable bonds is 1. The SMILES string of the molecule is O=c1[nH]cnc(N2CC3CCC(O)C3C2)c1Cl. The number of fused-ring (bicyclic) bond motifs is 1. The lowest BCUT2D eigenvalue weighted by Crippen LogP contribution is -2.27. The summed E-state index contributed by atoms with van der Waals surface area (Å²) in [6, 6.07) is 0. The third-order valence-electron chi connectivity index (χ3n) is 3.90. The highest BCUT2D eigenvalue weighted by atomic mass is 35.5. The largest absolute Gasteiger partial charge is 0.393 e. The molecular weight excluding hydrogens is 242 g/mol. The molecule has 1 aromatic rings. The average Bonchev–Trinajstić information content (AvgIpc) is 2.85. The molecule has 1 aliphatic heterocycles. The van der Waals surface area contributed by atoms with Crippen LogP contribution < -0.4 is 10.5 Å². The summed E-state index contributed by atoms with van der Waals surface area (Å²) < 4.78 is 0. The van der Waals surface area contributed by atoms with Crippen molar-refractivity contribution in [3.63, 3.8) is 0 Å². The molecule has 5 nitrogen and oxygen atoms in total. The van der Waals surface area contributed by atoms with Gasteiger partial charge in [-0.2, -0.15) is 0 Å². The van der Waals surface area contributed by atoms with Crippen LogP contribution in [0.2, 0.25) is 5.02 Å². The molecule has 1 saturated heterocycles. The van der Waals surface area contributed by atoms with Gasteiger partial charge in [-0.3, -0.25) is 4.79 Å². The topological polar surface area (TPSA) is 69.2 Å². The smallest absolute Gasteiger partial charge is 0.271 e. The molecule has 1 saturated carbocycles. The molecule has 0 bridgehead atoms. The third-order valence-corrected chi connectivity index (χ3v) is 4.24. The Morgan fingerprint density at radius 3 is 3.06 bits per heavy atom. The summed E-state index contributed by atoms with van der Waals surface area (Å²) in [7, 11) is 0. The van der Waals surface area contributed by atoms with Crippen molar-refractivity contribution in [3.8, 4) is 0 Å². The van der Waals surface area contributed by atoms with Gasteiger partial charge in [0.15, 0.2) is 5.82 Å². The molecule has 1 aliphatic carbocycles. The summed E-state index contributed by atoms with van der Waals surface area (Å²) in [4.78, 5) is 20.0. The number of hydrogen-bond acceptors (Lipinski definition) is 4. The Hall–Kier alpha value is -1.07. The quantitative estimate of drug-likeness (QED) is 0.772. The maximum absolute atomic E-state index is 11.4. The Kier molecular flexibility index (Phi) is 2.60. The van der Waals surface area contributed by atoms with E-state index in [2.05, 4.69) is 9.97 Å². The average molecular weight is 256 g/mol. The zero-order valence-corrected chi connectivity index (χ0v) is 10.0. The Bertz CT molecular complexity index is 490. The van der Waals surface area contributed by atoms with Gasteiger partial charge in [0.25, 0.3) is 5.56 Å². The maximum atomic E-state index is 11.4. The highest BCUT2D eigenvalue weighted by molar-refractivity contribution is 6.32. The van der Waals surface area contributed by atoms with E-state index in [0.717, 1.165) is 25.9 Å². The molecule has 2 N–H and O–H groups in total. The van der Waals surface area contributed by atoms with E-state index in [1.807, 2.05) is 4.90 Å². The summed E-state index contributed by atoms with van der Waals surface area (Å²) in [5.74, 6) is 1.34. The van der Waals surface area contributed by atoms with E-state index in [0.29, 0.717) is 17.7 Å². The van der Waals surface area contributed by atoms with Gasteiger partial charge in [0.2, 0.25) is 0 Å². The van der Waals surface area contributed by atoms with E-state index in [9.17, 15) is 9.90 Å². The molecule has 0 amide bonds. The monoisotopic (exact) mass is 255 g/mol. The van der Waals surface area contributed by atoms with Gasteiger partial charge >= 0.3 is 0 Å². The van der Waals surface area contributed by atoms with Gasteiger partial charge in [0, 0.05) is 19.0 Å². The molecule has 92 valence electrons. The van der Waals surface area contributed by atoms with Crippen LogP contribution in [0.5, 0.6) is 0 Å². The first-order valence-corrected chi connectivity index (χ1v) is 6.21. The second-order valence-corrected chi connectivity index (χ2v) is 5.22. The van der Waals surface area contributed by atoms with Crippen molar-refractivity contribution in [2.24, 2.45) is 11.8 Å². The van der Waals surface area contributed by atoms with Gasteiger partial charge in [0.1, 0.15) is 5.02 Å². The highest BCUT2D eigenvalue weighted by Crippen LogP contribution is 2.40. The van der Waals surface area contributed by atoms with Crippen molar-refractivity contribution < 1.29 is 5.11 Å². The Labute approximate surface area is 103 Å². The minimum Gasteiger partial charge on any atom is -0.393 e. The fourth-order valence-electron chi connectivity index (χ4n) is 3.00. The number of nitrogens with one attached hydrogen (secondary N) is 1. The normalized spacial score (nSPS) is 31.9. The first kappa shape index (κ1) is 11.0. The molecule has 2 heterocycles. The zero-order valence-electron chi connectivity index (χ0n) is 9.27. The van der Waals surface area contributed by atoms with E-state index in [-0.39, 0.29) is 16.7 Å². The lowest BCUT2D eigenvalue weighted by Gasteiger charge is -2.19. The molecule has 3 rings (SSSR count). The molecule has 1 aromatic heterocycles. The number of anilines is 1. The van der Waals surface area contributed by atoms with Gasteiger partial charge in [-0.25, -0.2) is 4.98 Å². The van der Waals surface area contributed by atoms with Crippen LogP contribution in [0.4, 0.5) is 5.82 Å². The summed E-state index contributed by atoms with van der Waals surface area (Å²) in [6.07, 6.45) is 3.09. The fraction of sp³-hybridized carbons (Fsp3) is 0.636. The van der Waals surface area contributed by atoms with E-state index in [1.165, 1.54) is 6.33 Å². The summed E-state index contributed by atoms with van der Waals surface area (Å²) in [6.45, 7) is 1.57. The minimum absolute atomic E-state index is 0.141. The zero-order chi connectivity index (χ0) is 12.0. The van der Waals surface area contributed by atoms with Gasteiger partial charge in [-0.05, 0) is 18.8 Å². The molecule has 3 unspecified atom stereocenters. The number of aromatic amines is 1. The van der Waals surface area contributed by atoms with Crippen LogP contribution in [0.25, 0.3) is 0 Å². The molecule has 0 radical (unpaired) electrons. The molecule has 3 atom stereocenters. The standard InChI is InChI=1S/C11H14ClN3O2/c12-9-10(13-5-14-11(9)17)15-3-6-1-2-8(16)7(6)4-15/h5-8,16H,1-4H2,(H,13,14,17). The molecule has 0 spiro atoms. The number of aliphatic hydroxyl groups excluding tert-OH is 1. The Balaban J connectivity index is 1.88. The number of halogens is 1. The van der Waals surface area contributed by atoms with Crippen molar-refractivity contribution in [2.75, 3.05) is 18.0 Å². The van der Waals surface area contributed by atoms with Crippen LogP contribution in [0.3, 0.4) is 0 Å². The van der Waals surface area contributed by atoms with Crippen molar-refractivity contribution in [1.82, 2.24) is 9.97 Å². The molecular formula is C11H14ClN3O2. The fourth-order valence-corrected chi connectivity index (χ4v) is 3.23. The van der Waals surface area contributed by atoms with E-state index >= 15 is 0 Å². The molecule has 6 heteroatoms. The Morgan fingerprint density at radius 1 is 1.47 bits per heavy atom. The highest BCUT2D eigenvalue weighted by Gasteiger charge is 2.42. The van der Waals surface area contributed by atoms with Crippen LogP contribution >= 0.6 is 11.6 Å². The van der Waals surface area contributed by atoms with Crippen LogP contribution in [0.1, 0.15) is 12.8 Å². The van der Waals surface area contributed by atoms with Crippen molar-refractivity contribution in [3.05, 3.63) is 21.7 Å². The second-order valence-electron chi connectivity index (χ2n) is 4.84. The van der Waals surface area contributed by atoms with Crippen molar-refractivity contribution in [1.29, 1.82) is 0 Å². The lowest BCUT2D eigenvalue weighted by atomic mass is 10.00. The van der Waals surface area contributed by atoms with Gasteiger partial charge < -0.3 is 15.0 Å². The number of aromatic nitrogens is 2. The van der Waals surface area contributed by atoms with Gasteiger partial charge in [-0.15, -0.1) is 0 Å². The van der Waals surface area contributed by atoms with E-state index in [4.69, 9.17) is 11.6 Å². The van der Waals surface area contributed by atoms with E-state index < -0.39 is 0 Å². The second kappa shape index (κ2) is 3.99. The van der Waals surface area contributed by atoms with Crippen molar-refractivity contribution in [2.45, 2.75) is 18.9 Å². The van der Waals surface area contributed by atoms with Gasteiger partial charge in [0.05, 0.1) is 12.4 Å². The predicted molar refractivity (Wildman–Crippen MR) is 64.3 cm³/mol. The first-order valence-electron chi connectivity index (χ1n) is 5.83. The summed E-state index contributed by atoms with van der Waals surface area (Å²) in [5, 5.41) is 9.98. The van der Waals surface area contributed by atoms with Crippen LogP contribution in [-0.4, -0.2) is 34.3 Å². The number of hydrogen-bond donors (Lipinski definition) is 2. The predicted octanol–water partition coefficient (Wildman–Crippen LogP) is 0.630. The third kappa shape index (κ3) is 1.73. The number of nitrogens with zero attached hydrogens (tertiary/aromatic N) is 2. The first-order chi connectivity index (χ1) is 8.16. The molecule has 2 fully saturated rings. The summed E-state index contributed by atoms with van der Waals surface area (Å²) >= 11 is 5.96. The Morgan fingerprint density at radius 2 is 2.29 bits per heavy atom. The number of H-pyrrole nitrogens is 1. The summed E-state index contributed by atoms with van der Waals surface area (Å²) in [5.41, 5.74) is -0.311. The molecule has 2 aliphatic rings.